The van der Waals surface area contributed by atoms with E-state index in [9.17, 15) is 13.2 Å². The Balaban J connectivity index is 1.79. The summed E-state index contributed by atoms with van der Waals surface area (Å²) in [6.07, 6.45) is 0.858. The van der Waals surface area contributed by atoms with Crippen molar-refractivity contribution in [3.05, 3.63) is 41.2 Å². The van der Waals surface area contributed by atoms with Crippen molar-refractivity contribution < 1.29 is 13.2 Å². The predicted molar refractivity (Wildman–Crippen MR) is 88.8 cm³/mol. The first-order valence-corrected chi connectivity index (χ1v) is 8.85. The Labute approximate surface area is 139 Å². The van der Waals surface area contributed by atoms with E-state index in [1.807, 2.05) is 0 Å². The maximum Gasteiger partial charge on any atom is 0.257 e. The van der Waals surface area contributed by atoms with Gasteiger partial charge < -0.3 is 5.32 Å². The van der Waals surface area contributed by atoms with Gasteiger partial charge in [0.2, 0.25) is 11.9 Å². The van der Waals surface area contributed by atoms with Crippen molar-refractivity contribution in [3.63, 3.8) is 0 Å². The fraction of sp³-hybridized carbons (Fsp3) is 0.267. The molecule has 0 saturated heterocycles. The lowest BCUT2D eigenvalue weighted by Crippen LogP contribution is -2.31. The van der Waals surface area contributed by atoms with Crippen molar-refractivity contribution in [2.24, 2.45) is 0 Å². The minimum Gasteiger partial charge on any atom is -0.326 e. The predicted octanol–water partition coefficient (Wildman–Crippen LogP) is 1.28. The summed E-state index contributed by atoms with van der Waals surface area (Å²) in [5.74, 6) is 0.117. The van der Waals surface area contributed by atoms with E-state index in [1.165, 1.54) is 6.07 Å². The molecule has 126 valence electrons. The molecule has 0 fully saturated rings. The van der Waals surface area contributed by atoms with Gasteiger partial charge in [-0.25, -0.2) is 18.4 Å². The number of nitrogens with one attached hydrogen (secondary N) is 3. The summed E-state index contributed by atoms with van der Waals surface area (Å²) in [7, 11) is -3.78. The molecule has 0 aliphatic carbocycles. The molecule has 1 aliphatic rings. The molecule has 9 heteroatoms. The van der Waals surface area contributed by atoms with Gasteiger partial charge in [-0.2, -0.15) is 0 Å². The first kappa shape index (κ1) is 16.3. The maximum absolute atomic E-state index is 12.4. The summed E-state index contributed by atoms with van der Waals surface area (Å²) in [5, 5.41) is 2.72. The number of rotatable bonds is 4. The summed E-state index contributed by atoms with van der Waals surface area (Å²) in [5.41, 5.74) is 5.42. The molecule has 0 unspecified atom stereocenters. The Morgan fingerprint density at radius 1 is 1.08 bits per heavy atom. The number of fused-ring (bicyclic) bond motifs is 1. The van der Waals surface area contributed by atoms with Crippen LogP contribution in [0.4, 0.5) is 11.6 Å². The fourth-order valence-electron chi connectivity index (χ4n) is 2.48. The van der Waals surface area contributed by atoms with Crippen LogP contribution in [0.15, 0.2) is 29.2 Å². The number of carbonyl (C=O) groups is 1. The van der Waals surface area contributed by atoms with Gasteiger partial charge in [-0.05, 0) is 50.1 Å². The van der Waals surface area contributed by atoms with Crippen LogP contribution < -0.4 is 15.6 Å². The molecule has 3 rings (SSSR count). The minimum absolute atomic E-state index is 0.0649. The molecule has 1 aliphatic heterocycles. The van der Waals surface area contributed by atoms with Crippen LogP contribution in [0.1, 0.15) is 23.4 Å². The fourth-order valence-corrected chi connectivity index (χ4v) is 3.37. The monoisotopic (exact) mass is 347 g/mol. The topological polar surface area (TPSA) is 113 Å². The summed E-state index contributed by atoms with van der Waals surface area (Å²) >= 11 is 0. The smallest absolute Gasteiger partial charge is 0.257 e. The molecule has 1 aromatic heterocycles. The first-order chi connectivity index (χ1) is 11.3. The number of hydrazine groups is 1. The van der Waals surface area contributed by atoms with E-state index in [1.54, 1.807) is 32.0 Å². The normalized spacial score (nSPS) is 14.0. The van der Waals surface area contributed by atoms with E-state index in [0.29, 0.717) is 18.5 Å². The highest BCUT2D eigenvalue weighted by atomic mass is 32.2. The lowest BCUT2D eigenvalue weighted by molar-refractivity contribution is -0.116. The Bertz CT molecular complexity index is 891. The van der Waals surface area contributed by atoms with Gasteiger partial charge in [0.05, 0.1) is 4.90 Å². The van der Waals surface area contributed by atoms with Crippen LogP contribution in [0.2, 0.25) is 0 Å². The number of nitrogens with zero attached hydrogens (tertiary/aromatic N) is 2. The zero-order valence-electron chi connectivity index (χ0n) is 13.3. The Morgan fingerprint density at radius 2 is 1.79 bits per heavy atom. The van der Waals surface area contributed by atoms with Crippen LogP contribution in [-0.4, -0.2) is 24.3 Å². The van der Waals surface area contributed by atoms with E-state index >= 15 is 0 Å². The van der Waals surface area contributed by atoms with Crippen LogP contribution >= 0.6 is 0 Å². The first-order valence-electron chi connectivity index (χ1n) is 7.36. The quantitative estimate of drug-likeness (QED) is 0.718. The van der Waals surface area contributed by atoms with Crippen LogP contribution in [0.3, 0.4) is 0 Å². The SMILES string of the molecule is Cc1cc(C)nc(NNS(=O)(=O)c2ccc3c(c2)CCC(=O)N3)n1. The molecule has 0 spiro atoms. The van der Waals surface area contributed by atoms with Crippen LogP contribution in [0.5, 0.6) is 0 Å². The largest absolute Gasteiger partial charge is 0.326 e. The molecule has 24 heavy (non-hydrogen) atoms. The van der Waals surface area contributed by atoms with Gasteiger partial charge in [-0.1, -0.05) is 0 Å². The number of aryl methyl sites for hydroxylation is 3. The Morgan fingerprint density at radius 3 is 2.50 bits per heavy atom. The second-order valence-corrected chi connectivity index (χ2v) is 7.25. The second kappa shape index (κ2) is 6.17. The highest BCUT2D eigenvalue weighted by molar-refractivity contribution is 7.89. The number of amides is 1. The van der Waals surface area contributed by atoms with Crippen LogP contribution in [-0.2, 0) is 21.2 Å². The zero-order valence-corrected chi connectivity index (χ0v) is 14.1. The van der Waals surface area contributed by atoms with Gasteiger partial charge in [0, 0.05) is 23.5 Å². The highest BCUT2D eigenvalue weighted by Crippen LogP contribution is 2.25. The summed E-state index contributed by atoms with van der Waals surface area (Å²) in [4.78, 5) is 22.0. The van der Waals surface area contributed by atoms with Gasteiger partial charge in [0.1, 0.15) is 0 Å². The van der Waals surface area contributed by atoms with E-state index < -0.39 is 10.0 Å². The van der Waals surface area contributed by atoms with Gasteiger partial charge in [-0.3, -0.25) is 10.2 Å². The lowest BCUT2D eigenvalue weighted by atomic mass is 10.0. The van der Waals surface area contributed by atoms with E-state index in [0.717, 1.165) is 17.0 Å². The van der Waals surface area contributed by atoms with Crippen LogP contribution in [0.25, 0.3) is 0 Å². The number of hydrogen-bond acceptors (Lipinski definition) is 6. The molecule has 8 nitrogen and oxygen atoms in total. The van der Waals surface area contributed by atoms with Gasteiger partial charge in [0.15, 0.2) is 0 Å². The minimum atomic E-state index is -3.78. The van der Waals surface area contributed by atoms with Crippen LogP contribution in [0, 0.1) is 13.8 Å². The third kappa shape index (κ3) is 3.52. The van der Waals surface area contributed by atoms with Crippen molar-refractivity contribution in [1.29, 1.82) is 0 Å². The molecular formula is C15H17N5O3S. The molecule has 0 saturated carbocycles. The second-order valence-electron chi connectivity index (χ2n) is 5.57. The van der Waals surface area contributed by atoms with E-state index in [4.69, 9.17) is 0 Å². The summed E-state index contributed by atoms with van der Waals surface area (Å²) in [6.45, 7) is 3.60. The number of carbonyl (C=O) groups excluding carboxylic acids is 1. The highest BCUT2D eigenvalue weighted by Gasteiger charge is 2.20. The number of hydrogen-bond donors (Lipinski definition) is 3. The van der Waals surface area contributed by atoms with Gasteiger partial charge in [0.25, 0.3) is 10.0 Å². The average Bonchev–Trinajstić information content (AvgIpc) is 2.51. The molecule has 2 aromatic rings. The Hall–Kier alpha value is -2.52. The maximum atomic E-state index is 12.4. The number of sulfonamides is 1. The molecule has 0 radical (unpaired) electrons. The van der Waals surface area contributed by atoms with Crippen molar-refractivity contribution in [1.82, 2.24) is 14.8 Å². The molecule has 2 heterocycles. The molecule has 1 amide bonds. The molecular weight excluding hydrogens is 330 g/mol. The van der Waals surface area contributed by atoms with Crippen molar-refractivity contribution in [3.8, 4) is 0 Å². The summed E-state index contributed by atoms with van der Waals surface area (Å²) < 4.78 is 24.8. The molecule has 0 atom stereocenters. The number of benzene rings is 1. The van der Waals surface area contributed by atoms with Crippen molar-refractivity contribution >= 4 is 27.6 Å². The molecule has 1 aromatic carbocycles. The van der Waals surface area contributed by atoms with Crippen molar-refractivity contribution in [2.75, 3.05) is 10.7 Å². The van der Waals surface area contributed by atoms with Gasteiger partial charge >= 0.3 is 0 Å². The molecule has 3 N–H and O–H groups in total. The average molecular weight is 347 g/mol. The number of aromatic nitrogens is 2. The third-order valence-electron chi connectivity index (χ3n) is 3.56. The summed E-state index contributed by atoms with van der Waals surface area (Å²) in [6, 6.07) is 6.38. The number of anilines is 2. The lowest BCUT2D eigenvalue weighted by Gasteiger charge is -2.17. The van der Waals surface area contributed by atoms with E-state index in [2.05, 4.69) is 25.5 Å². The van der Waals surface area contributed by atoms with Gasteiger partial charge in [-0.15, -0.1) is 4.83 Å². The molecule has 0 bridgehead atoms. The zero-order chi connectivity index (χ0) is 17.3. The standard InChI is InChI=1S/C15H17N5O3S/c1-9-7-10(2)17-15(16-9)19-20-24(22,23)12-4-5-13-11(8-12)3-6-14(21)18-13/h4-5,7-8,20H,3,6H2,1-2H3,(H,18,21)(H,16,17,19). The van der Waals surface area contributed by atoms with Crippen molar-refractivity contribution in [2.45, 2.75) is 31.6 Å². The Kier molecular flexibility index (Phi) is 4.20. The third-order valence-corrected chi connectivity index (χ3v) is 4.81. The van der Waals surface area contributed by atoms with E-state index in [-0.39, 0.29) is 16.8 Å².